The molecule has 2 amide bonds. The van der Waals surface area contributed by atoms with E-state index in [0.29, 0.717) is 49.2 Å². The highest BCUT2D eigenvalue weighted by Crippen LogP contribution is 2.38. The molecule has 3 aromatic rings. The van der Waals surface area contributed by atoms with Gasteiger partial charge < -0.3 is 9.64 Å². The van der Waals surface area contributed by atoms with E-state index in [0.717, 1.165) is 22.4 Å². The van der Waals surface area contributed by atoms with Crippen molar-refractivity contribution < 1.29 is 14.3 Å². The summed E-state index contributed by atoms with van der Waals surface area (Å²) >= 11 is 0. The Bertz CT molecular complexity index is 1200. The van der Waals surface area contributed by atoms with Gasteiger partial charge in [0.15, 0.2) is 5.82 Å². The Morgan fingerprint density at radius 1 is 0.969 bits per heavy atom. The summed E-state index contributed by atoms with van der Waals surface area (Å²) < 4.78 is 5.40. The van der Waals surface area contributed by atoms with Gasteiger partial charge in [-0.05, 0) is 25.5 Å². The van der Waals surface area contributed by atoms with Gasteiger partial charge in [-0.15, -0.1) is 0 Å². The van der Waals surface area contributed by atoms with Gasteiger partial charge in [-0.1, -0.05) is 48.0 Å². The highest BCUT2D eigenvalue weighted by atomic mass is 16.5. The summed E-state index contributed by atoms with van der Waals surface area (Å²) in [6.45, 7) is 5.98. The monoisotopic (exact) mass is 428 g/mol. The number of morpholine rings is 1. The molecule has 162 valence electrons. The van der Waals surface area contributed by atoms with Crippen molar-refractivity contribution in [3.8, 4) is 11.4 Å². The smallest absolute Gasteiger partial charge is 0.273 e. The maximum atomic E-state index is 13.5. The van der Waals surface area contributed by atoms with Crippen molar-refractivity contribution in [3.63, 3.8) is 0 Å². The number of para-hydroxylation sites is 1. The SMILES string of the molecule is Cc1ccc(-c2nc(C(=O)N3CCOCC3)c3c(n2)N(c2ccccc2C)C(=O)C3)cc1. The lowest BCUT2D eigenvalue weighted by molar-refractivity contribution is -0.116. The number of carbonyl (C=O) groups is 2. The first-order chi connectivity index (χ1) is 15.5. The van der Waals surface area contributed by atoms with Crippen LogP contribution in [0.5, 0.6) is 0 Å². The van der Waals surface area contributed by atoms with E-state index in [1.807, 2.05) is 62.4 Å². The van der Waals surface area contributed by atoms with Crippen LogP contribution in [-0.2, 0) is 16.0 Å². The predicted octanol–water partition coefficient (Wildman–Crippen LogP) is 3.45. The maximum Gasteiger partial charge on any atom is 0.273 e. The Balaban J connectivity index is 1.68. The molecule has 0 atom stereocenters. The molecule has 1 fully saturated rings. The van der Waals surface area contributed by atoms with Gasteiger partial charge in [0.2, 0.25) is 5.91 Å². The van der Waals surface area contributed by atoms with Crippen LogP contribution < -0.4 is 4.90 Å². The van der Waals surface area contributed by atoms with Crippen molar-refractivity contribution in [2.24, 2.45) is 0 Å². The Morgan fingerprint density at radius 2 is 1.69 bits per heavy atom. The van der Waals surface area contributed by atoms with Gasteiger partial charge in [-0.25, -0.2) is 9.97 Å². The van der Waals surface area contributed by atoms with Gasteiger partial charge in [0.1, 0.15) is 11.5 Å². The summed E-state index contributed by atoms with van der Waals surface area (Å²) in [4.78, 5) is 39.4. The molecule has 5 rings (SSSR count). The third-order valence-corrected chi connectivity index (χ3v) is 5.94. The topological polar surface area (TPSA) is 75.6 Å². The van der Waals surface area contributed by atoms with Gasteiger partial charge in [-0.3, -0.25) is 14.5 Å². The highest BCUT2D eigenvalue weighted by molar-refractivity contribution is 6.10. The molecule has 7 heteroatoms. The standard InChI is InChI=1S/C25H24N4O3/c1-16-7-9-18(10-8-16)23-26-22(25(31)28-11-13-32-14-12-28)19-15-21(30)29(24(19)27-23)20-6-4-3-5-17(20)2/h3-10H,11-15H2,1-2H3. The number of amides is 2. The molecule has 0 saturated carbocycles. The quantitative estimate of drug-likeness (QED) is 0.639. The lowest BCUT2D eigenvalue weighted by Gasteiger charge is -2.27. The molecule has 7 nitrogen and oxygen atoms in total. The van der Waals surface area contributed by atoms with Gasteiger partial charge in [0, 0.05) is 24.2 Å². The number of hydrogen-bond acceptors (Lipinski definition) is 5. The van der Waals surface area contributed by atoms with Crippen LogP contribution in [0.4, 0.5) is 11.5 Å². The molecule has 0 radical (unpaired) electrons. The van der Waals surface area contributed by atoms with Gasteiger partial charge in [0.25, 0.3) is 5.91 Å². The molecule has 0 N–H and O–H groups in total. The molecule has 1 aromatic heterocycles. The lowest BCUT2D eigenvalue weighted by Crippen LogP contribution is -2.41. The zero-order valence-electron chi connectivity index (χ0n) is 18.2. The number of carbonyl (C=O) groups excluding carboxylic acids is 2. The largest absolute Gasteiger partial charge is 0.378 e. The molecule has 0 unspecified atom stereocenters. The number of ether oxygens (including phenoxy) is 1. The van der Waals surface area contributed by atoms with Crippen molar-refractivity contribution in [1.29, 1.82) is 0 Å². The maximum absolute atomic E-state index is 13.5. The van der Waals surface area contributed by atoms with Crippen LogP contribution in [0, 0.1) is 13.8 Å². The van der Waals surface area contributed by atoms with E-state index in [2.05, 4.69) is 4.98 Å². The third kappa shape index (κ3) is 3.54. The average molecular weight is 428 g/mol. The zero-order chi connectivity index (χ0) is 22.2. The van der Waals surface area contributed by atoms with Crippen molar-refractivity contribution >= 4 is 23.3 Å². The van der Waals surface area contributed by atoms with E-state index >= 15 is 0 Å². The van der Waals surface area contributed by atoms with Crippen molar-refractivity contribution in [2.75, 3.05) is 31.2 Å². The fourth-order valence-electron chi connectivity index (χ4n) is 4.16. The second-order valence-electron chi connectivity index (χ2n) is 8.16. The van der Waals surface area contributed by atoms with E-state index in [1.54, 1.807) is 9.80 Å². The minimum Gasteiger partial charge on any atom is -0.378 e. The molecule has 0 bridgehead atoms. The number of aryl methyl sites for hydroxylation is 2. The van der Waals surface area contributed by atoms with Crippen LogP contribution in [-0.4, -0.2) is 53.0 Å². The Morgan fingerprint density at radius 3 is 2.41 bits per heavy atom. The Hall–Kier alpha value is -3.58. The molecule has 1 saturated heterocycles. The highest BCUT2D eigenvalue weighted by Gasteiger charge is 2.37. The minimum atomic E-state index is -0.181. The summed E-state index contributed by atoms with van der Waals surface area (Å²) in [5.41, 5.74) is 4.55. The van der Waals surface area contributed by atoms with Gasteiger partial charge >= 0.3 is 0 Å². The number of nitrogens with zero attached hydrogens (tertiary/aromatic N) is 4. The van der Waals surface area contributed by atoms with Crippen LogP contribution in [0.1, 0.15) is 27.2 Å². The zero-order valence-corrected chi connectivity index (χ0v) is 18.2. The average Bonchev–Trinajstić information content (AvgIpc) is 3.15. The molecule has 2 aliphatic heterocycles. The van der Waals surface area contributed by atoms with Crippen molar-refractivity contribution in [1.82, 2.24) is 14.9 Å². The second kappa shape index (κ2) is 8.16. The lowest BCUT2D eigenvalue weighted by atomic mass is 10.1. The number of benzene rings is 2. The number of aromatic nitrogens is 2. The van der Waals surface area contributed by atoms with Crippen molar-refractivity contribution in [3.05, 3.63) is 70.9 Å². The molecular weight excluding hydrogens is 404 g/mol. The molecule has 2 aromatic carbocycles. The summed E-state index contributed by atoms with van der Waals surface area (Å²) in [7, 11) is 0. The molecule has 3 heterocycles. The molecular formula is C25H24N4O3. The van der Waals surface area contributed by atoms with Crippen molar-refractivity contribution in [2.45, 2.75) is 20.3 Å². The molecule has 2 aliphatic rings. The van der Waals surface area contributed by atoms with Crippen LogP contribution in [0.15, 0.2) is 48.5 Å². The van der Waals surface area contributed by atoms with E-state index in [9.17, 15) is 9.59 Å². The summed E-state index contributed by atoms with van der Waals surface area (Å²) in [5.74, 6) is 0.639. The van der Waals surface area contributed by atoms with Crippen LogP contribution >= 0.6 is 0 Å². The van der Waals surface area contributed by atoms with Gasteiger partial charge in [0.05, 0.1) is 25.3 Å². The Kier molecular flexibility index (Phi) is 5.19. The minimum absolute atomic E-state index is 0.100. The molecule has 0 spiro atoms. The normalized spacial score (nSPS) is 15.8. The number of anilines is 2. The van der Waals surface area contributed by atoms with E-state index < -0.39 is 0 Å². The van der Waals surface area contributed by atoms with Crippen LogP contribution in [0.25, 0.3) is 11.4 Å². The fourth-order valence-corrected chi connectivity index (χ4v) is 4.16. The van der Waals surface area contributed by atoms with E-state index in [1.165, 1.54) is 0 Å². The summed E-state index contributed by atoms with van der Waals surface area (Å²) in [6.07, 6.45) is 0.100. The predicted molar refractivity (Wildman–Crippen MR) is 121 cm³/mol. The summed E-state index contributed by atoms with van der Waals surface area (Å²) in [5, 5.41) is 0. The third-order valence-electron chi connectivity index (χ3n) is 5.94. The fraction of sp³-hybridized carbons (Fsp3) is 0.280. The van der Waals surface area contributed by atoms with E-state index in [4.69, 9.17) is 9.72 Å². The number of rotatable bonds is 3. The Labute approximate surface area is 186 Å². The van der Waals surface area contributed by atoms with E-state index in [-0.39, 0.29) is 18.2 Å². The second-order valence-corrected chi connectivity index (χ2v) is 8.16. The first kappa shape index (κ1) is 20.3. The first-order valence-corrected chi connectivity index (χ1v) is 10.8. The molecule has 0 aliphatic carbocycles. The van der Waals surface area contributed by atoms with Crippen LogP contribution in [0.2, 0.25) is 0 Å². The number of hydrogen-bond donors (Lipinski definition) is 0. The molecule has 32 heavy (non-hydrogen) atoms. The summed E-state index contributed by atoms with van der Waals surface area (Å²) in [6, 6.07) is 15.5. The van der Waals surface area contributed by atoms with Crippen LogP contribution in [0.3, 0.4) is 0 Å². The van der Waals surface area contributed by atoms with Gasteiger partial charge in [-0.2, -0.15) is 0 Å². The number of fused-ring (bicyclic) bond motifs is 1. The first-order valence-electron chi connectivity index (χ1n) is 10.8.